The monoisotopic (exact) mass is 189 g/mol. The third kappa shape index (κ3) is 1.52. The van der Waals surface area contributed by atoms with Gasteiger partial charge in [0.25, 0.3) is 0 Å². The molecule has 1 aliphatic heterocycles. The van der Waals surface area contributed by atoms with Crippen LogP contribution in [0.25, 0.3) is 0 Å². The number of amides is 1. The summed E-state index contributed by atoms with van der Waals surface area (Å²) in [6.07, 6.45) is 0.982. The molecular formula is C12H15NO. The van der Waals surface area contributed by atoms with Gasteiger partial charge < -0.3 is 4.90 Å². The highest BCUT2D eigenvalue weighted by molar-refractivity contribution is 5.74. The summed E-state index contributed by atoms with van der Waals surface area (Å²) >= 11 is 0. The molecule has 0 aromatic heterocycles. The van der Waals surface area contributed by atoms with Gasteiger partial charge in [0.2, 0.25) is 5.91 Å². The van der Waals surface area contributed by atoms with E-state index in [4.69, 9.17) is 0 Å². The fourth-order valence-corrected chi connectivity index (χ4v) is 2.10. The maximum absolute atomic E-state index is 11.3. The van der Waals surface area contributed by atoms with Crippen molar-refractivity contribution >= 4 is 5.91 Å². The topological polar surface area (TPSA) is 20.3 Å². The summed E-state index contributed by atoms with van der Waals surface area (Å²) in [5, 5.41) is 0. The Morgan fingerprint density at radius 1 is 1.36 bits per heavy atom. The van der Waals surface area contributed by atoms with E-state index in [1.54, 1.807) is 6.92 Å². The van der Waals surface area contributed by atoms with Crippen molar-refractivity contribution in [2.24, 2.45) is 0 Å². The molecule has 0 aliphatic carbocycles. The van der Waals surface area contributed by atoms with Gasteiger partial charge in [-0.05, 0) is 24.5 Å². The van der Waals surface area contributed by atoms with Crippen LogP contribution >= 0.6 is 0 Å². The van der Waals surface area contributed by atoms with Crippen molar-refractivity contribution in [2.75, 3.05) is 0 Å². The maximum atomic E-state index is 11.3. The number of carbonyl (C=O) groups excluding carboxylic acids is 1. The summed E-state index contributed by atoms with van der Waals surface area (Å²) in [6, 6.07) is 8.70. The lowest BCUT2D eigenvalue weighted by Gasteiger charge is -2.34. The molecule has 2 heteroatoms. The van der Waals surface area contributed by atoms with Crippen molar-refractivity contribution in [3.63, 3.8) is 0 Å². The SMILES string of the molecule is CC(=O)N1Cc2ccccc2CC1C. The molecule has 1 aromatic carbocycles. The summed E-state index contributed by atoms with van der Waals surface area (Å²) in [4.78, 5) is 13.3. The third-order valence-electron chi connectivity index (χ3n) is 2.91. The molecule has 2 rings (SSSR count). The Hall–Kier alpha value is -1.31. The molecule has 0 saturated heterocycles. The average molecular weight is 189 g/mol. The molecule has 14 heavy (non-hydrogen) atoms. The molecule has 1 unspecified atom stereocenters. The zero-order chi connectivity index (χ0) is 10.1. The average Bonchev–Trinajstić information content (AvgIpc) is 2.16. The van der Waals surface area contributed by atoms with Gasteiger partial charge in [-0.1, -0.05) is 24.3 Å². The highest BCUT2D eigenvalue weighted by atomic mass is 16.2. The van der Waals surface area contributed by atoms with Crippen LogP contribution in [0, 0.1) is 0 Å². The van der Waals surface area contributed by atoms with Gasteiger partial charge in [-0.3, -0.25) is 4.79 Å². The van der Waals surface area contributed by atoms with E-state index in [1.807, 2.05) is 11.0 Å². The number of nitrogens with zero attached hydrogens (tertiary/aromatic N) is 1. The first-order valence-electron chi connectivity index (χ1n) is 5.02. The number of hydrogen-bond acceptors (Lipinski definition) is 1. The molecule has 0 radical (unpaired) electrons. The van der Waals surface area contributed by atoms with E-state index in [0.717, 1.165) is 13.0 Å². The number of carbonyl (C=O) groups is 1. The number of benzene rings is 1. The second-order valence-electron chi connectivity index (χ2n) is 3.97. The third-order valence-corrected chi connectivity index (χ3v) is 2.91. The summed E-state index contributed by atoms with van der Waals surface area (Å²) in [6.45, 7) is 4.52. The normalized spacial score (nSPS) is 20.4. The van der Waals surface area contributed by atoms with E-state index in [2.05, 4.69) is 25.1 Å². The smallest absolute Gasteiger partial charge is 0.219 e. The van der Waals surface area contributed by atoms with Gasteiger partial charge in [0, 0.05) is 19.5 Å². The van der Waals surface area contributed by atoms with E-state index in [9.17, 15) is 4.79 Å². The van der Waals surface area contributed by atoms with Crippen LogP contribution in [0.4, 0.5) is 0 Å². The molecule has 2 nitrogen and oxygen atoms in total. The van der Waals surface area contributed by atoms with Crippen LogP contribution in [0.5, 0.6) is 0 Å². The minimum absolute atomic E-state index is 0.173. The Labute approximate surface area is 84.5 Å². The lowest BCUT2D eigenvalue weighted by atomic mass is 9.95. The van der Waals surface area contributed by atoms with Crippen molar-refractivity contribution in [3.05, 3.63) is 35.4 Å². The van der Waals surface area contributed by atoms with E-state index in [0.29, 0.717) is 6.04 Å². The summed E-state index contributed by atoms with van der Waals surface area (Å²) < 4.78 is 0. The van der Waals surface area contributed by atoms with Crippen molar-refractivity contribution in [1.29, 1.82) is 0 Å². The van der Waals surface area contributed by atoms with Crippen LogP contribution in [-0.2, 0) is 17.8 Å². The van der Waals surface area contributed by atoms with Gasteiger partial charge in [-0.25, -0.2) is 0 Å². The van der Waals surface area contributed by atoms with Crippen molar-refractivity contribution in [3.8, 4) is 0 Å². The van der Waals surface area contributed by atoms with Crippen LogP contribution in [0.15, 0.2) is 24.3 Å². The molecule has 1 aliphatic rings. The van der Waals surface area contributed by atoms with Crippen LogP contribution in [0.2, 0.25) is 0 Å². The molecular weight excluding hydrogens is 174 g/mol. The fourth-order valence-electron chi connectivity index (χ4n) is 2.10. The minimum Gasteiger partial charge on any atom is -0.336 e. The van der Waals surface area contributed by atoms with Crippen molar-refractivity contribution in [1.82, 2.24) is 4.90 Å². The highest BCUT2D eigenvalue weighted by Gasteiger charge is 2.23. The molecule has 1 heterocycles. The lowest BCUT2D eigenvalue weighted by Crippen LogP contribution is -2.41. The highest BCUT2D eigenvalue weighted by Crippen LogP contribution is 2.22. The van der Waals surface area contributed by atoms with Crippen LogP contribution in [-0.4, -0.2) is 16.8 Å². The van der Waals surface area contributed by atoms with Gasteiger partial charge in [0.15, 0.2) is 0 Å². The molecule has 1 amide bonds. The Morgan fingerprint density at radius 2 is 2.00 bits per heavy atom. The van der Waals surface area contributed by atoms with Crippen LogP contribution < -0.4 is 0 Å². The number of hydrogen-bond donors (Lipinski definition) is 0. The number of rotatable bonds is 0. The zero-order valence-electron chi connectivity index (χ0n) is 8.66. The Balaban J connectivity index is 2.31. The van der Waals surface area contributed by atoms with Gasteiger partial charge >= 0.3 is 0 Å². The van der Waals surface area contributed by atoms with E-state index in [1.165, 1.54) is 11.1 Å². The van der Waals surface area contributed by atoms with Crippen molar-refractivity contribution < 1.29 is 4.79 Å². The van der Waals surface area contributed by atoms with Gasteiger partial charge in [-0.15, -0.1) is 0 Å². The van der Waals surface area contributed by atoms with Gasteiger partial charge in [-0.2, -0.15) is 0 Å². The quantitative estimate of drug-likeness (QED) is 0.611. The Morgan fingerprint density at radius 3 is 2.64 bits per heavy atom. The van der Waals surface area contributed by atoms with Crippen LogP contribution in [0.3, 0.4) is 0 Å². The predicted octanol–water partition coefficient (Wildman–Crippen LogP) is 1.98. The summed E-state index contributed by atoms with van der Waals surface area (Å²) in [5.41, 5.74) is 2.68. The Kier molecular flexibility index (Phi) is 2.28. The summed E-state index contributed by atoms with van der Waals surface area (Å²) in [5.74, 6) is 0.173. The molecule has 0 fully saturated rings. The number of fused-ring (bicyclic) bond motifs is 1. The van der Waals surface area contributed by atoms with Gasteiger partial charge in [0.05, 0.1) is 0 Å². The van der Waals surface area contributed by atoms with Gasteiger partial charge in [0.1, 0.15) is 0 Å². The van der Waals surface area contributed by atoms with E-state index in [-0.39, 0.29) is 5.91 Å². The zero-order valence-corrected chi connectivity index (χ0v) is 8.66. The second kappa shape index (κ2) is 3.45. The summed E-state index contributed by atoms with van der Waals surface area (Å²) in [7, 11) is 0. The minimum atomic E-state index is 0.173. The van der Waals surface area contributed by atoms with E-state index >= 15 is 0 Å². The molecule has 0 spiro atoms. The lowest BCUT2D eigenvalue weighted by molar-refractivity contribution is -0.131. The molecule has 1 atom stereocenters. The first-order valence-corrected chi connectivity index (χ1v) is 5.02. The van der Waals surface area contributed by atoms with E-state index < -0.39 is 0 Å². The molecule has 0 saturated carbocycles. The predicted molar refractivity (Wildman–Crippen MR) is 55.8 cm³/mol. The van der Waals surface area contributed by atoms with Crippen molar-refractivity contribution in [2.45, 2.75) is 32.9 Å². The molecule has 0 N–H and O–H groups in total. The molecule has 0 bridgehead atoms. The first kappa shape index (κ1) is 9.25. The molecule has 74 valence electrons. The fraction of sp³-hybridized carbons (Fsp3) is 0.417. The second-order valence-corrected chi connectivity index (χ2v) is 3.97. The molecule has 1 aromatic rings. The Bertz CT molecular complexity index is 359. The largest absolute Gasteiger partial charge is 0.336 e. The maximum Gasteiger partial charge on any atom is 0.219 e. The standard InChI is InChI=1S/C12H15NO/c1-9-7-11-5-3-4-6-12(11)8-13(9)10(2)14/h3-6,9H,7-8H2,1-2H3. The first-order chi connectivity index (χ1) is 6.68. The van der Waals surface area contributed by atoms with Crippen LogP contribution in [0.1, 0.15) is 25.0 Å².